The Labute approximate surface area is 101 Å². The molecule has 0 bridgehead atoms. The van der Waals surface area contributed by atoms with Crippen LogP contribution in [0.4, 0.5) is 11.4 Å². The van der Waals surface area contributed by atoms with Gasteiger partial charge in [0.2, 0.25) is 5.91 Å². The number of benzene rings is 1. The molecule has 1 amide bonds. The quantitative estimate of drug-likeness (QED) is 0.649. The van der Waals surface area contributed by atoms with E-state index < -0.39 is 0 Å². The molecule has 0 saturated carbocycles. The van der Waals surface area contributed by atoms with Crippen molar-refractivity contribution in [1.82, 2.24) is 4.90 Å². The molecule has 0 aliphatic rings. The van der Waals surface area contributed by atoms with Crippen LogP contribution in [0.25, 0.3) is 0 Å². The van der Waals surface area contributed by atoms with Crippen LogP contribution >= 0.6 is 0 Å². The average molecular weight is 237 g/mol. The number of nitrogens with one attached hydrogen (secondary N) is 1. The van der Waals surface area contributed by atoms with Crippen molar-refractivity contribution in [1.29, 1.82) is 0 Å². The summed E-state index contributed by atoms with van der Waals surface area (Å²) >= 11 is 0. The summed E-state index contributed by atoms with van der Waals surface area (Å²) in [5, 5.41) is 11.5. The first-order valence-corrected chi connectivity index (χ1v) is 5.48. The second-order valence-electron chi connectivity index (χ2n) is 4.08. The van der Waals surface area contributed by atoms with Crippen molar-refractivity contribution >= 4 is 17.3 Å². The lowest BCUT2D eigenvalue weighted by atomic mass is 10.2. The van der Waals surface area contributed by atoms with Gasteiger partial charge in [0.15, 0.2) is 0 Å². The molecule has 4 N–H and O–H groups in total. The summed E-state index contributed by atoms with van der Waals surface area (Å²) in [6.07, 6.45) is 0. The highest BCUT2D eigenvalue weighted by Crippen LogP contribution is 2.16. The first kappa shape index (κ1) is 13.5. The Morgan fingerprint density at radius 3 is 2.82 bits per heavy atom. The van der Waals surface area contributed by atoms with Crippen molar-refractivity contribution in [2.75, 3.05) is 37.8 Å². The number of carbonyl (C=O) groups excluding carboxylic acids is 1. The molecule has 0 heterocycles. The van der Waals surface area contributed by atoms with Crippen LogP contribution in [-0.2, 0) is 4.79 Å². The number of aliphatic hydroxyl groups excluding tert-OH is 1. The Balaban J connectivity index is 2.53. The molecule has 5 heteroatoms. The Bertz CT molecular complexity index is 393. The number of nitrogen functional groups attached to an aromatic ring is 1. The number of nitrogens with two attached hydrogens (primary N) is 1. The maximum absolute atomic E-state index is 11.6. The van der Waals surface area contributed by atoms with Crippen molar-refractivity contribution in [3.63, 3.8) is 0 Å². The van der Waals surface area contributed by atoms with Gasteiger partial charge < -0.3 is 16.2 Å². The minimum absolute atomic E-state index is 0.0429. The first-order valence-electron chi connectivity index (χ1n) is 5.48. The summed E-state index contributed by atoms with van der Waals surface area (Å²) in [6, 6.07) is 5.41. The van der Waals surface area contributed by atoms with E-state index in [4.69, 9.17) is 10.8 Å². The first-order chi connectivity index (χ1) is 8.02. The molecule has 1 rings (SSSR count). The van der Waals surface area contributed by atoms with Crippen LogP contribution in [0.15, 0.2) is 18.2 Å². The molecule has 17 heavy (non-hydrogen) atoms. The molecule has 0 saturated heterocycles. The molecule has 0 atom stereocenters. The molecule has 0 aromatic heterocycles. The summed E-state index contributed by atoms with van der Waals surface area (Å²) in [6.45, 7) is 2.68. The zero-order valence-corrected chi connectivity index (χ0v) is 10.2. The summed E-state index contributed by atoms with van der Waals surface area (Å²) in [4.78, 5) is 13.4. The fourth-order valence-electron chi connectivity index (χ4n) is 1.41. The fourth-order valence-corrected chi connectivity index (χ4v) is 1.41. The molecule has 0 radical (unpaired) electrons. The summed E-state index contributed by atoms with van der Waals surface area (Å²) in [5.41, 5.74) is 8.09. The molecule has 1 aromatic carbocycles. The van der Waals surface area contributed by atoms with E-state index in [9.17, 15) is 4.79 Å². The Morgan fingerprint density at radius 2 is 2.24 bits per heavy atom. The van der Waals surface area contributed by atoms with Crippen LogP contribution in [0.5, 0.6) is 0 Å². The van der Waals surface area contributed by atoms with Gasteiger partial charge in [-0.25, -0.2) is 0 Å². The van der Waals surface area contributed by atoms with Gasteiger partial charge in [0, 0.05) is 17.9 Å². The van der Waals surface area contributed by atoms with E-state index in [0.717, 1.165) is 5.56 Å². The topological polar surface area (TPSA) is 78.6 Å². The van der Waals surface area contributed by atoms with E-state index in [0.29, 0.717) is 17.9 Å². The predicted molar refractivity (Wildman–Crippen MR) is 68.8 cm³/mol. The average Bonchev–Trinajstić information content (AvgIpc) is 2.23. The summed E-state index contributed by atoms with van der Waals surface area (Å²) < 4.78 is 0. The molecule has 0 unspecified atom stereocenters. The van der Waals surface area contributed by atoms with E-state index in [1.807, 2.05) is 19.1 Å². The highest BCUT2D eigenvalue weighted by molar-refractivity contribution is 5.92. The van der Waals surface area contributed by atoms with Crippen LogP contribution in [0.2, 0.25) is 0 Å². The standard InChI is InChI=1S/C12H19N3O2/c1-9-3-4-10(7-11(9)13)14-12(17)8-15(2)5-6-16/h3-4,7,16H,5-6,8,13H2,1-2H3,(H,14,17). The number of hydrogen-bond donors (Lipinski definition) is 3. The molecule has 0 aliphatic carbocycles. The number of amides is 1. The molecule has 0 aliphatic heterocycles. The van der Waals surface area contributed by atoms with Gasteiger partial charge in [-0.3, -0.25) is 9.69 Å². The summed E-state index contributed by atoms with van der Waals surface area (Å²) in [7, 11) is 1.78. The van der Waals surface area contributed by atoms with Gasteiger partial charge in [0.25, 0.3) is 0 Å². The van der Waals surface area contributed by atoms with Gasteiger partial charge in [-0.05, 0) is 31.7 Å². The third-order valence-corrected chi connectivity index (χ3v) is 2.46. The predicted octanol–water partition coefficient (Wildman–Crippen LogP) is 0.440. The van der Waals surface area contributed by atoms with Crippen LogP contribution in [0, 0.1) is 6.92 Å². The molecule has 0 spiro atoms. The second-order valence-corrected chi connectivity index (χ2v) is 4.08. The molecule has 5 nitrogen and oxygen atoms in total. The van der Waals surface area contributed by atoms with E-state index >= 15 is 0 Å². The SMILES string of the molecule is Cc1ccc(NC(=O)CN(C)CCO)cc1N. The smallest absolute Gasteiger partial charge is 0.238 e. The molecular weight excluding hydrogens is 218 g/mol. The van der Waals surface area contributed by atoms with Crippen molar-refractivity contribution in [2.24, 2.45) is 0 Å². The highest BCUT2D eigenvalue weighted by atomic mass is 16.3. The van der Waals surface area contributed by atoms with Crippen LogP contribution in [0.3, 0.4) is 0 Å². The van der Waals surface area contributed by atoms with Crippen molar-refractivity contribution in [3.8, 4) is 0 Å². The maximum atomic E-state index is 11.6. The van der Waals surface area contributed by atoms with Gasteiger partial charge in [-0.15, -0.1) is 0 Å². The lowest BCUT2D eigenvalue weighted by Crippen LogP contribution is -2.32. The van der Waals surface area contributed by atoms with Crippen molar-refractivity contribution in [3.05, 3.63) is 23.8 Å². The van der Waals surface area contributed by atoms with Gasteiger partial charge in [0.05, 0.1) is 13.2 Å². The van der Waals surface area contributed by atoms with Gasteiger partial charge in [0.1, 0.15) is 0 Å². The minimum Gasteiger partial charge on any atom is -0.398 e. The number of aliphatic hydroxyl groups is 1. The van der Waals surface area contributed by atoms with Crippen LogP contribution < -0.4 is 11.1 Å². The normalized spacial score (nSPS) is 10.6. The van der Waals surface area contributed by atoms with E-state index in [1.165, 1.54) is 0 Å². The van der Waals surface area contributed by atoms with E-state index in [2.05, 4.69) is 5.32 Å². The third-order valence-electron chi connectivity index (χ3n) is 2.46. The second kappa shape index (κ2) is 6.22. The van der Waals surface area contributed by atoms with Gasteiger partial charge in [-0.1, -0.05) is 6.07 Å². The van der Waals surface area contributed by atoms with Crippen LogP contribution in [-0.4, -0.2) is 42.7 Å². The number of likely N-dealkylation sites (N-methyl/N-ethyl adjacent to an activating group) is 1. The van der Waals surface area contributed by atoms with Gasteiger partial charge in [-0.2, -0.15) is 0 Å². The molecule has 0 fully saturated rings. The number of carbonyl (C=O) groups is 1. The Kier molecular flexibility index (Phi) is 4.93. The molecular formula is C12H19N3O2. The maximum Gasteiger partial charge on any atom is 0.238 e. The number of anilines is 2. The van der Waals surface area contributed by atoms with E-state index in [1.54, 1.807) is 18.0 Å². The molecule has 94 valence electrons. The number of hydrogen-bond acceptors (Lipinski definition) is 4. The molecule has 1 aromatic rings. The Morgan fingerprint density at radius 1 is 1.53 bits per heavy atom. The lowest BCUT2D eigenvalue weighted by Gasteiger charge is -2.14. The zero-order valence-electron chi connectivity index (χ0n) is 10.2. The largest absolute Gasteiger partial charge is 0.398 e. The minimum atomic E-state index is -0.121. The number of aryl methyl sites for hydroxylation is 1. The fraction of sp³-hybridized carbons (Fsp3) is 0.417. The number of rotatable bonds is 5. The Hall–Kier alpha value is -1.59. The third kappa shape index (κ3) is 4.42. The lowest BCUT2D eigenvalue weighted by molar-refractivity contribution is -0.117. The van der Waals surface area contributed by atoms with Crippen molar-refractivity contribution < 1.29 is 9.90 Å². The van der Waals surface area contributed by atoms with Crippen molar-refractivity contribution in [2.45, 2.75) is 6.92 Å². The summed E-state index contributed by atoms with van der Waals surface area (Å²) in [5.74, 6) is -0.121. The number of nitrogens with zero attached hydrogens (tertiary/aromatic N) is 1. The monoisotopic (exact) mass is 237 g/mol. The van der Waals surface area contributed by atoms with Crippen LogP contribution in [0.1, 0.15) is 5.56 Å². The highest BCUT2D eigenvalue weighted by Gasteiger charge is 2.06. The van der Waals surface area contributed by atoms with Gasteiger partial charge >= 0.3 is 0 Å². The zero-order chi connectivity index (χ0) is 12.8. The van der Waals surface area contributed by atoms with E-state index in [-0.39, 0.29) is 19.1 Å².